The molecule has 1 aliphatic rings. The number of nitrogens with zero attached hydrogens (tertiary/aromatic N) is 1. The van der Waals surface area contributed by atoms with Crippen molar-refractivity contribution in [3.05, 3.63) is 21.9 Å². The zero-order valence-electron chi connectivity index (χ0n) is 12.0. The molecule has 5 nitrogen and oxygen atoms in total. The second-order valence-corrected chi connectivity index (χ2v) is 5.81. The smallest absolute Gasteiger partial charge is 0.267 e. The highest BCUT2D eigenvalue weighted by Crippen LogP contribution is 2.24. The highest BCUT2D eigenvalue weighted by Gasteiger charge is 2.16. The molecule has 0 bridgehead atoms. The lowest BCUT2D eigenvalue weighted by molar-refractivity contribution is 0.0166. The van der Waals surface area contributed by atoms with Gasteiger partial charge in [0.25, 0.3) is 5.91 Å². The Morgan fingerprint density at radius 2 is 2.38 bits per heavy atom. The number of aromatic nitrogens is 1. The van der Waals surface area contributed by atoms with Crippen molar-refractivity contribution in [1.29, 1.82) is 0 Å². The van der Waals surface area contributed by atoms with Gasteiger partial charge in [0.15, 0.2) is 0 Å². The van der Waals surface area contributed by atoms with E-state index in [1.165, 1.54) is 0 Å². The van der Waals surface area contributed by atoms with Crippen molar-refractivity contribution in [2.75, 3.05) is 26.4 Å². The van der Waals surface area contributed by atoms with Crippen LogP contribution in [0.2, 0.25) is 10.2 Å². The van der Waals surface area contributed by atoms with Crippen molar-refractivity contribution in [2.24, 2.45) is 7.05 Å². The Morgan fingerprint density at radius 1 is 1.57 bits per heavy atom. The average Bonchev–Trinajstić information content (AvgIpc) is 3.07. The third kappa shape index (κ3) is 4.61. The molecule has 118 valence electrons. The topological polar surface area (TPSA) is 52.5 Å². The van der Waals surface area contributed by atoms with E-state index in [4.69, 9.17) is 32.7 Å². The van der Waals surface area contributed by atoms with Crippen molar-refractivity contribution < 1.29 is 14.3 Å². The molecular weight excluding hydrogens is 315 g/mol. The summed E-state index contributed by atoms with van der Waals surface area (Å²) in [6.45, 7) is 2.63. The van der Waals surface area contributed by atoms with E-state index in [0.29, 0.717) is 35.6 Å². The highest BCUT2D eigenvalue weighted by atomic mass is 35.5. The number of hydrogen-bond donors (Lipinski definition) is 1. The molecule has 1 aromatic heterocycles. The molecule has 1 unspecified atom stereocenters. The summed E-state index contributed by atoms with van der Waals surface area (Å²) >= 11 is 11.8. The van der Waals surface area contributed by atoms with Gasteiger partial charge in [-0.3, -0.25) is 4.79 Å². The second-order valence-electron chi connectivity index (χ2n) is 5.05. The number of carbonyl (C=O) groups is 1. The Morgan fingerprint density at radius 3 is 3.00 bits per heavy atom. The molecule has 0 saturated carbocycles. The Kier molecular flexibility index (Phi) is 6.36. The van der Waals surface area contributed by atoms with Crippen molar-refractivity contribution in [3.8, 4) is 0 Å². The maximum Gasteiger partial charge on any atom is 0.267 e. The van der Waals surface area contributed by atoms with Gasteiger partial charge in [-0.15, -0.1) is 0 Å². The number of hydrogen-bond acceptors (Lipinski definition) is 3. The van der Waals surface area contributed by atoms with Gasteiger partial charge in [0.1, 0.15) is 10.8 Å². The van der Waals surface area contributed by atoms with Crippen LogP contribution in [0.4, 0.5) is 0 Å². The van der Waals surface area contributed by atoms with Crippen LogP contribution >= 0.6 is 23.2 Å². The molecule has 1 fully saturated rings. The first-order chi connectivity index (χ1) is 10.1. The number of amides is 1. The summed E-state index contributed by atoms with van der Waals surface area (Å²) in [6, 6.07) is 1.56. The summed E-state index contributed by atoms with van der Waals surface area (Å²) < 4.78 is 12.6. The molecule has 21 heavy (non-hydrogen) atoms. The number of carbonyl (C=O) groups excluding carboxylic acids is 1. The van der Waals surface area contributed by atoms with Crippen LogP contribution in [0.1, 0.15) is 29.8 Å². The lowest BCUT2D eigenvalue weighted by Crippen LogP contribution is -2.27. The molecule has 1 amide bonds. The zero-order valence-corrected chi connectivity index (χ0v) is 13.5. The number of halogens is 2. The van der Waals surface area contributed by atoms with Crippen LogP contribution in [-0.4, -0.2) is 42.9 Å². The van der Waals surface area contributed by atoms with E-state index in [1.807, 2.05) is 0 Å². The minimum atomic E-state index is -0.189. The largest absolute Gasteiger partial charge is 0.379 e. The van der Waals surface area contributed by atoms with Crippen molar-refractivity contribution in [3.63, 3.8) is 0 Å². The van der Waals surface area contributed by atoms with E-state index in [0.717, 1.165) is 25.9 Å². The van der Waals surface area contributed by atoms with E-state index in [-0.39, 0.29) is 12.0 Å². The van der Waals surface area contributed by atoms with Crippen LogP contribution in [0.25, 0.3) is 0 Å². The molecule has 7 heteroatoms. The van der Waals surface area contributed by atoms with Gasteiger partial charge < -0.3 is 19.4 Å². The molecule has 1 aliphatic heterocycles. The van der Waals surface area contributed by atoms with Gasteiger partial charge in [0.05, 0.1) is 17.7 Å². The quantitative estimate of drug-likeness (QED) is 0.780. The summed E-state index contributed by atoms with van der Waals surface area (Å²) in [5.41, 5.74) is 0.449. The summed E-state index contributed by atoms with van der Waals surface area (Å²) in [4.78, 5) is 12.0. The van der Waals surface area contributed by atoms with Gasteiger partial charge in [-0.1, -0.05) is 23.2 Å². The minimum Gasteiger partial charge on any atom is -0.379 e. The third-order valence-corrected chi connectivity index (χ3v) is 4.27. The van der Waals surface area contributed by atoms with Crippen LogP contribution in [0.3, 0.4) is 0 Å². The van der Waals surface area contributed by atoms with E-state index in [2.05, 4.69) is 5.32 Å². The first kappa shape index (κ1) is 16.6. The second kappa shape index (κ2) is 8.03. The summed E-state index contributed by atoms with van der Waals surface area (Å²) in [7, 11) is 1.70. The van der Waals surface area contributed by atoms with E-state index < -0.39 is 0 Å². The number of ether oxygens (including phenoxy) is 2. The first-order valence-electron chi connectivity index (χ1n) is 7.08. The molecule has 1 saturated heterocycles. The summed E-state index contributed by atoms with van der Waals surface area (Å²) in [6.07, 6.45) is 3.19. The molecule has 2 heterocycles. The van der Waals surface area contributed by atoms with Crippen molar-refractivity contribution in [1.82, 2.24) is 9.88 Å². The molecule has 1 atom stereocenters. The fraction of sp³-hybridized carbons (Fsp3) is 0.643. The SMILES string of the molecule is Cn1c(C(=O)NCCCOCC2CCCO2)cc(Cl)c1Cl. The Bertz CT molecular complexity index is 485. The summed E-state index contributed by atoms with van der Waals surface area (Å²) in [5.74, 6) is -0.189. The maximum atomic E-state index is 12.0. The molecule has 1 N–H and O–H groups in total. The first-order valence-corrected chi connectivity index (χ1v) is 7.83. The maximum absolute atomic E-state index is 12.0. The van der Waals surface area contributed by atoms with E-state index in [9.17, 15) is 4.79 Å². The Labute approximate surface area is 134 Å². The lowest BCUT2D eigenvalue weighted by atomic mass is 10.2. The highest BCUT2D eigenvalue weighted by molar-refractivity contribution is 6.41. The Balaban J connectivity index is 1.61. The summed E-state index contributed by atoms with van der Waals surface area (Å²) in [5, 5.41) is 3.56. The molecule has 1 aromatic rings. The van der Waals surface area contributed by atoms with Crippen LogP contribution in [0.5, 0.6) is 0 Å². The normalized spacial score (nSPS) is 18.1. The van der Waals surface area contributed by atoms with Gasteiger partial charge in [0, 0.05) is 26.8 Å². The van der Waals surface area contributed by atoms with Gasteiger partial charge in [-0.2, -0.15) is 0 Å². The molecule has 0 spiro atoms. The monoisotopic (exact) mass is 334 g/mol. The standard InChI is InChI=1S/C14H20Cl2N2O3/c1-18-12(8-11(15)13(18)16)14(19)17-5-3-6-20-9-10-4-2-7-21-10/h8,10H,2-7,9H2,1H3,(H,17,19). The fourth-order valence-electron chi connectivity index (χ4n) is 2.22. The fourth-order valence-corrected chi connectivity index (χ4v) is 2.59. The predicted octanol–water partition coefficient (Wildman–Crippen LogP) is 2.65. The van der Waals surface area contributed by atoms with Crippen LogP contribution in [-0.2, 0) is 16.5 Å². The molecule has 0 aliphatic carbocycles. The van der Waals surface area contributed by atoms with Crippen LogP contribution < -0.4 is 5.32 Å². The van der Waals surface area contributed by atoms with Gasteiger partial charge in [-0.05, 0) is 25.3 Å². The Hall–Kier alpha value is -0.750. The molecule has 0 aromatic carbocycles. The molecular formula is C14H20Cl2N2O3. The number of rotatable bonds is 7. The van der Waals surface area contributed by atoms with E-state index >= 15 is 0 Å². The predicted molar refractivity (Wildman–Crippen MR) is 82.2 cm³/mol. The minimum absolute atomic E-state index is 0.189. The lowest BCUT2D eigenvalue weighted by Gasteiger charge is -2.10. The average molecular weight is 335 g/mol. The van der Waals surface area contributed by atoms with Gasteiger partial charge in [0.2, 0.25) is 0 Å². The van der Waals surface area contributed by atoms with Crippen molar-refractivity contribution >= 4 is 29.1 Å². The molecule has 0 radical (unpaired) electrons. The zero-order chi connectivity index (χ0) is 15.2. The van der Waals surface area contributed by atoms with Crippen molar-refractivity contribution in [2.45, 2.75) is 25.4 Å². The van der Waals surface area contributed by atoms with Crippen LogP contribution in [0.15, 0.2) is 6.07 Å². The number of nitrogens with one attached hydrogen (secondary N) is 1. The van der Waals surface area contributed by atoms with E-state index in [1.54, 1.807) is 17.7 Å². The third-order valence-electron chi connectivity index (χ3n) is 3.43. The van der Waals surface area contributed by atoms with Gasteiger partial charge >= 0.3 is 0 Å². The van der Waals surface area contributed by atoms with Gasteiger partial charge in [-0.25, -0.2) is 0 Å². The van der Waals surface area contributed by atoms with Crippen LogP contribution in [0, 0.1) is 0 Å². The molecule has 2 rings (SSSR count).